The number of hydrogen-bond donors (Lipinski definition) is 1. The summed E-state index contributed by atoms with van der Waals surface area (Å²) in [6.45, 7) is 0.972. The minimum Gasteiger partial charge on any atom is -0.281 e. The normalized spacial score (nSPS) is 17.0. The van der Waals surface area contributed by atoms with Crippen molar-refractivity contribution in [2.45, 2.75) is 37.2 Å². The average molecular weight is 445 g/mol. The van der Waals surface area contributed by atoms with E-state index in [1.165, 1.54) is 0 Å². The molecule has 0 aromatic carbocycles. The fraction of sp³-hybridized carbons (Fsp3) is 0.667. The van der Waals surface area contributed by atoms with Crippen LogP contribution in [0.1, 0.15) is 11.4 Å². The Labute approximate surface area is 133 Å². The van der Waals surface area contributed by atoms with Crippen LogP contribution in [0.25, 0.3) is 0 Å². The second-order valence-corrected chi connectivity index (χ2v) is 5.09. The molecule has 0 saturated carbocycles. The van der Waals surface area contributed by atoms with Gasteiger partial charge in [0.05, 0.1) is 4.47 Å². The van der Waals surface area contributed by atoms with Crippen LogP contribution in [0.4, 0.5) is 48.3 Å². The number of hydrogen-bond acceptors (Lipinski definition) is 2. The van der Waals surface area contributed by atoms with Crippen molar-refractivity contribution >= 4 is 15.9 Å². The van der Waals surface area contributed by atoms with Crippen molar-refractivity contribution in [1.29, 1.82) is 0 Å². The lowest BCUT2D eigenvalue weighted by molar-refractivity contribution is -0.488. The Bertz CT molecular complexity index is 608. The van der Waals surface area contributed by atoms with Crippen LogP contribution < -0.4 is 0 Å². The van der Waals surface area contributed by atoms with E-state index in [1.54, 1.807) is 5.10 Å². The van der Waals surface area contributed by atoms with Crippen LogP contribution in [0, 0.1) is 6.92 Å². The van der Waals surface area contributed by atoms with E-state index in [0.717, 1.165) is 6.92 Å². The van der Waals surface area contributed by atoms with Crippen LogP contribution >= 0.6 is 15.9 Å². The summed E-state index contributed by atoms with van der Waals surface area (Å²) < 4.78 is 141. The van der Waals surface area contributed by atoms with Gasteiger partial charge in [-0.1, -0.05) is 0 Å². The van der Waals surface area contributed by atoms with Crippen LogP contribution in [0.15, 0.2) is 4.47 Å². The predicted molar refractivity (Wildman–Crippen MR) is 56.9 cm³/mol. The molecule has 1 N–H and O–H groups in total. The summed E-state index contributed by atoms with van der Waals surface area (Å²) in [7, 11) is 0. The van der Waals surface area contributed by atoms with Crippen molar-refractivity contribution in [3.63, 3.8) is 0 Å². The van der Waals surface area contributed by atoms with Gasteiger partial charge in [-0.2, -0.15) is 53.4 Å². The molecule has 0 bridgehead atoms. The molecule has 3 nitrogen and oxygen atoms in total. The van der Waals surface area contributed by atoms with Gasteiger partial charge in [0.15, 0.2) is 5.69 Å². The smallest absolute Gasteiger partial charge is 0.281 e. The molecule has 0 amide bonds. The number of ether oxygens (including phenoxy) is 1. The van der Waals surface area contributed by atoms with Gasteiger partial charge in [-0.3, -0.25) is 9.84 Å². The number of nitrogens with zero attached hydrogens (tertiary/aromatic N) is 1. The summed E-state index contributed by atoms with van der Waals surface area (Å²) in [5, 5.41) is 4.33. The molecule has 0 unspecified atom stereocenters. The summed E-state index contributed by atoms with van der Waals surface area (Å²) >= 11 is 2.31. The third-order valence-electron chi connectivity index (χ3n) is 2.53. The van der Waals surface area contributed by atoms with Crippen molar-refractivity contribution in [3.8, 4) is 0 Å². The summed E-state index contributed by atoms with van der Waals surface area (Å²) in [6.07, 6.45) is -20.4. The molecule has 1 atom stereocenters. The first kappa shape index (κ1) is 20.9. The SMILES string of the molecule is Cc1[nH]nc([C@](F)(OC(F)(F)C(F)(F)C(F)(F)F)C(F)(F)F)c1Br. The maximum Gasteiger partial charge on any atom is 0.462 e. The molecule has 1 aromatic rings. The van der Waals surface area contributed by atoms with Crippen LogP contribution in [0.2, 0.25) is 0 Å². The topological polar surface area (TPSA) is 37.9 Å². The molecule has 0 aliphatic carbocycles. The van der Waals surface area contributed by atoms with Gasteiger partial charge in [0, 0.05) is 5.69 Å². The Balaban J connectivity index is 3.48. The van der Waals surface area contributed by atoms with Crippen LogP contribution in [0.5, 0.6) is 0 Å². The van der Waals surface area contributed by atoms with Crippen molar-refractivity contribution < 1.29 is 53.0 Å². The summed E-state index contributed by atoms with van der Waals surface area (Å²) in [5.74, 6) is -12.9. The van der Waals surface area contributed by atoms with Gasteiger partial charge >= 0.3 is 30.2 Å². The molecule has 0 radical (unpaired) electrons. The van der Waals surface area contributed by atoms with Gasteiger partial charge < -0.3 is 0 Å². The molecule has 15 heteroatoms. The van der Waals surface area contributed by atoms with E-state index in [-0.39, 0.29) is 5.69 Å². The highest BCUT2D eigenvalue weighted by atomic mass is 79.9. The van der Waals surface area contributed by atoms with Crippen LogP contribution in [-0.4, -0.2) is 34.6 Å². The highest BCUT2D eigenvalue weighted by Crippen LogP contribution is 2.54. The zero-order chi connectivity index (χ0) is 19.4. The molecule has 0 saturated heterocycles. The minimum atomic E-state index is -7.11. The summed E-state index contributed by atoms with van der Waals surface area (Å²) in [4.78, 5) is 0. The molecular formula is C9H4BrF11N2O. The Hall–Kier alpha value is -1.12. The van der Waals surface area contributed by atoms with Crippen molar-refractivity contribution in [1.82, 2.24) is 10.2 Å². The second-order valence-electron chi connectivity index (χ2n) is 4.30. The first-order chi connectivity index (χ1) is 10.4. The van der Waals surface area contributed by atoms with Gasteiger partial charge in [-0.25, -0.2) is 0 Å². The summed E-state index contributed by atoms with van der Waals surface area (Å²) in [6, 6.07) is 0. The molecule has 140 valence electrons. The number of rotatable bonds is 4. The number of aryl methyl sites for hydroxylation is 1. The first-order valence-corrected chi connectivity index (χ1v) is 6.17. The van der Waals surface area contributed by atoms with Gasteiger partial charge in [0.2, 0.25) is 0 Å². The van der Waals surface area contributed by atoms with Crippen LogP contribution in [0.3, 0.4) is 0 Å². The van der Waals surface area contributed by atoms with Crippen molar-refractivity contribution in [2.24, 2.45) is 0 Å². The maximum atomic E-state index is 14.1. The predicted octanol–water partition coefficient (Wildman–Crippen LogP) is 4.97. The van der Waals surface area contributed by atoms with Crippen molar-refractivity contribution in [3.05, 3.63) is 15.9 Å². The van der Waals surface area contributed by atoms with E-state index in [4.69, 9.17) is 0 Å². The van der Waals surface area contributed by atoms with Gasteiger partial charge in [-0.15, -0.1) is 0 Å². The molecule has 0 aliphatic rings. The standard InChI is InChI=1S/C9H4BrF11N2O/c1-2-3(10)4(23-22-2)5(11,7(14,15)16)24-9(20,21)6(12,13)8(17,18)19/h1H3,(H,22,23)/t5-/m0/s1. The molecule has 24 heavy (non-hydrogen) atoms. The quantitative estimate of drug-likeness (QED) is 0.665. The van der Waals surface area contributed by atoms with Crippen molar-refractivity contribution in [2.75, 3.05) is 0 Å². The van der Waals surface area contributed by atoms with E-state index in [9.17, 15) is 48.3 Å². The van der Waals surface area contributed by atoms with E-state index in [0.29, 0.717) is 0 Å². The molecule has 0 spiro atoms. The Morgan fingerprint density at radius 3 is 1.62 bits per heavy atom. The number of aromatic amines is 1. The highest BCUT2D eigenvalue weighted by molar-refractivity contribution is 9.10. The van der Waals surface area contributed by atoms with Gasteiger partial charge in [-0.05, 0) is 22.9 Å². The van der Waals surface area contributed by atoms with Gasteiger partial charge in [0.1, 0.15) is 0 Å². The van der Waals surface area contributed by atoms with Crippen LogP contribution in [-0.2, 0) is 10.6 Å². The monoisotopic (exact) mass is 444 g/mol. The Morgan fingerprint density at radius 2 is 1.33 bits per heavy atom. The molecule has 0 fully saturated rings. The number of H-pyrrole nitrogens is 1. The third kappa shape index (κ3) is 3.19. The van der Waals surface area contributed by atoms with E-state index < -0.39 is 40.4 Å². The van der Waals surface area contributed by atoms with E-state index >= 15 is 0 Å². The molecular weight excluding hydrogens is 441 g/mol. The fourth-order valence-electron chi connectivity index (χ4n) is 1.27. The first-order valence-electron chi connectivity index (χ1n) is 5.37. The Morgan fingerprint density at radius 1 is 0.875 bits per heavy atom. The lowest BCUT2D eigenvalue weighted by Gasteiger charge is -2.34. The largest absolute Gasteiger partial charge is 0.462 e. The summed E-state index contributed by atoms with van der Waals surface area (Å²) in [5.41, 5.74) is -2.41. The maximum absolute atomic E-state index is 14.1. The molecule has 0 aliphatic heterocycles. The lowest BCUT2D eigenvalue weighted by atomic mass is 10.2. The number of halogens is 12. The minimum absolute atomic E-state index is 0.370. The Kier molecular flexibility index (Phi) is 4.98. The highest BCUT2D eigenvalue weighted by Gasteiger charge is 2.79. The zero-order valence-electron chi connectivity index (χ0n) is 10.9. The second kappa shape index (κ2) is 5.71. The lowest BCUT2D eigenvalue weighted by Crippen LogP contribution is -2.58. The molecule has 1 rings (SSSR count). The number of alkyl halides is 11. The van der Waals surface area contributed by atoms with Gasteiger partial charge in [0.25, 0.3) is 0 Å². The zero-order valence-corrected chi connectivity index (χ0v) is 12.5. The molecule has 1 aromatic heterocycles. The molecule has 1 heterocycles. The fourth-order valence-corrected chi connectivity index (χ4v) is 1.71. The van der Waals surface area contributed by atoms with E-state index in [1.807, 2.05) is 0 Å². The number of nitrogens with one attached hydrogen (secondary N) is 1. The van der Waals surface area contributed by atoms with E-state index in [2.05, 4.69) is 25.8 Å². The number of aromatic nitrogens is 2. The third-order valence-corrected chi connectivity index (χ3v) is 3.50. The average Bonchev–Trinajstić information content (AvgIpc) is 2.66.